The van der Waals surface area contributed by atoms with Gasteiger partial charge in [0.2, 0.25) is 5.91 Å². The first kappa shape index (κ1) is 26.6. The molecule has 4 rings (SSSR count). The summed E-state index contributed by atoms with van der Waals surface area (Å²) in [6.07, 6.45) is 1.89. The summed E-state index contributed by atoms with van der Waals surface area (Å²) in [5, 5.41) is 5.82. The number of sulfonamides is 1. The smallest absolute Gasteiger partial charge is 0.263 e. The second-order valence-corrected chi connectivity index (χ2v) is 10.5. The number of nitrogens with one attached hydrogen (secondary N) is 3. The van der Waals surface area contributed by atoms with Gasteiger partial charge in [-0.25, -0.2) is 23.4 Å². The Morgan fingerprint density at radius 2 is 1.66 bits per heavy atom. The zero-order valence-electron chi connectivity index (χ0n) is 21.3. The molecule has 0 unspecified atom stereocenters. The highest BCUT2D eigenvalue weighted by molar-refractivity contribution is 7.92. The molecule has 4 aromatic rings. The highest BCUT2D eigenvalue weighted by Crippen LogP contribution is 2.31. The summed E-state index contributed by atoms with van der Waals surface area (Å²) >= 11 is 0. The fourth-order valence-corrected chi connectivity index (χ4v) is 4.63. The summed E-state index contributed by atoms with van der Waals surface area (Å²) in [5.41, 5.74) is 1.62. The Balaban J connectivity index is 1.69. The lowest BCUT2D eigenvalue weighted by molar-refractivity contribution is -0.116. The molecule has 0 atom stereocenters. The van der Waals surface area contributed by atoms with E-state index in [4.69, 9.17) is 9.47 Å². The SMILES string of the molecule is COc1cc(Nc2nc3ncccc3nc2NS(=O)(=O)c2cccc(NC(=O)CC(C)C)c2)cc(OC)c1. The van der Waals surface area contributed by atoms with Gasteiger partial charge in [0.15, 0.2) is 17.3 Å². The van der Waals surface area contributed by atoms with Gasteiger partial charge in [0.1, 0.15) is 17.0 Å². The van der Waals surface area contributed by atoms with Crippen molar-refractivity contribution in [2.75, 3.05) is 29.6 Å². The molecular weight excluding hydrogens is 508 g/mol. The van der Waals surface area contributed by atoms with Gasteiger partial charge in [-0.2, -0.15) is 0 Å². The van der Waals surface area contributed by atoms with Crippen LogP contribution in [0.2, 0.25) is 0 Å². The first-order valence-electron chi connectivity index (χ1n) is 11.7. The van der Waals surface area contributed by atoms with E-state index in [1.54, 1.807) is 48.7 Å². The average Bonchev–Trinajstić information content (AvgIpc) is 2.88. The Kier molecular flexibility index (Phi) is 7.91. The predicted octanol–water partition coefficient (Wildman–Crippen LogP) is 4.57. The number of hydrogen-bond donors (Lipinski definition) is 3. The van der Waals surface area contributed by atoms with Crippen LogP contribution in [-0.4, -0.2) is 43.5 Å². The van der Waals surface area contributed by atoms with Crippen LogP contribution in [0.15, 0.2) is 65.7 Å². The third-order valence-electron chi connectivity index (χ3n) is 5.31. The van der Waals surface area contributed by atoms with Crippen LogP contribution < -0.4 is 24.8 Å². The van der Waals surface area contributed by atoms with Crippen LogP contribution in [0.4, 0.5) is 23.0 Å². The van der Waals surface area contributed by atoms with Crippen molar-refractivity contribution >= 4 is 50.1 Å². The van der Waals surface area contributed by atoms with Crippen molar-refractivity contribution in [2.45, 2.75) is 25.2 Å². The number of pyridine rings is 1. The number of fused-ring (bicyclic) bond motifs is 1. The Morgan fingerprint density at radius 3 is 2.34 bits per heavy atom. The van der Waals surface area contributed by atoms with Crippen molar-refractivity contribution in [2.24, 2.45) is 5.92 Å². The van der Waals surface area contributed by atoms with Gasteiger partial charge in [-0.15, -0.1) is 0 Å². The monoisotopic (exact) mass is 536 g/mol. The second-order valence-electron chi connectivity index (χ2n) is 8.77. The van der Waals surface area contributed by atoms with Crippen LogP contribution in [0.25, 0.3) is 11.2 Å². The molecule has 0 bridgehead atoms. The van der Waals surface area contributed by atoms with Gasteiger partial charge in [0, 0.05) is 42.2 Å². The lowest BCUT2D eigenvalue weighted by atomic mass is 10.1. The predicted molar refractivity (Wildman–Crippen MR) is 145 cm³/mol. The number of carbonyl (C=O) groups is 1. The van der Waals surface area contributed by atoms with E-state index < -0.39 is 10.0 Å². The molecule has 0 spiro atoms. The number of nitrogens with zero attached hydrogens (tertiary/aromatic N) is 3. The van der Waals surface area contributed by atoms with Crippen molar-refractivity contribution in [1.82, 2.24) is 15.0 Å². The molecule has 0 radical (unpaired) electrons. The van der Waals surface area contributed by atoms with Crippen molar-refractivity contribution in [3.8, 4) is 11.5 Å². The molecule has 0 saturated heterocycles. The van der Waals surface area contributed by atoms with Crippen molar-refractivity contribution in [1.29, 1.82) is 0 Å². The largest absolute Gasteiger partial charge is 0.497 e. The van der Waals surface area contributed by atoms with Crippen LogP contribution in [0, 0.1) is 5.92 Å². The lowest BCUT2D eigenvalue weighted by Crippen LogP contribution is -2.17. The minimum Gasteiger partial charge on any atom is -0.497 e. The van der Waals surface area contributed by atoms with E-state index in [0.717, 1.165) is 0 Å². The quantitative estimate of drug-likeness (QED) is 0.265. The van der Waals surface area contributed by atoms with Gasteiger partial charge in [-0.3, -0.25) is 9.52 Å². The molecule has 198 valence electrons. The molecule has 1 amide bonds. The molecule has 3 N–H and O–H groups in total. The summed E-state index contributed by atoms with van der Waals surface area (Å²) in [6, 6.07) is 14.5. The molecule has 38 heavy (non-hydrogen) atoms. The number of carbonyl (C=O) groups excluding carboxylic acids is 1. The summed E-state index contributed by atoms with van der Waals surface area (Å²) < 4.78 is 39.9. The molecule has 0 aliphatic heterocycles. The van der Waals surface area contributed by atoms with Crippen LogP contribution in [0.5, 0.6) is 11.5 Å². The Bertz CT molecular complexity index is 1550. The topological polar surface area (TPSA) is 144 Å². The summed E-state index contributed by atoms with van der Waals surface area (Å²) in [6.45, 7) is 3.86. The molecule has 11 nitrogen and oxygen atoms in total. The normalized spacial score (nSPS) is 11.3. The zero-order chi connectivity index (χ0) is 27.3. The Morgan fingerprint density at radius 1 is 0.921 bits per heavy atom. The summed E-state index contributed by atoms with van der Waals surface area (Å²) in [7, 11) is -1.07. The molecular formula is C26H28N6O5S. The van der Waals surface area contributed by atoms with E-state index >= 15 is 0 Å². The molecule has 0 saturated carbocycles. The number of anilines is 4. The highest BCUT2D eigenvalue weighted by Gasteiger charge is 2.20. The Labute approximate surface area is 220 Å². The van der Waals surface area contributed by atoms with E-state index in [1.807, 2.05) is 13.8 Å². The molecule has 0 aliphatic carbocycles. The first-order chi connectivity index (χ1) is 18.2. The standard InChI is InChI=1S/C26H28N6O5S/c1-16(2)11-23(33)28-17-7-5-8-21(14-17)38(34,35)32-26-25(31-24-22(30-26)9-6-10-27-24)29-18-12-19(36-3)15-20(13-18)37-4/h5-10,12-16H,11H2,1-4H3,(H,28,33)(H,30,32)(H,27,29,31). The van der Waals surface area contributed by atoms with E-state index in [1.165, 1.54) is 26.4 Å². The lowest BCUT2D eigenvalue weighted by Gasteiger charge is -2.15. The summed E-state index contributed by atoms with van der Waals surface area (Å²) in [4.78, 5) is 25.3. The van der Waals surface area contributed by atoms with Crippen molar-refractivity contribution in [3.05, 3.63) is 60.8 Å². The van der Waals surface area contributed by atoms with Crippen molar-refractivity contribution < 1.29 is 22.7 Å². The van der Waals surface area contributed by atoms with E-state index in [0.29, 0.717) is 40.5 Å². The molecule has 2 aromatic carbocycles. The minimum absolute atomic E-state index is 0.0402. The van der Waals surface area contributed by atoms with Crippen LogP contribution in [0.1, 0.15) is 20.3 Å². The minimum atomic E-state index is -4.12. The van der Waals surface area contributed by atoms with Crippen LogP contribution in [0.3, 0.4) is 0 Å². The first-order valence-corrected chi connectivity index (χ1v) is 13.2. The van der Waals surface area contributed by atoms with Crippen molar-refractivity contribution in [3.63, 3.8) is 0 Å². The molecule has 0 aliphatic rings. The summed E-state index contributed by atoms with van der Waals surface area (Å²) in [5.74, 6) is 1.10. The van der Waals surface area contributed by atoms with Gasteiger partial charge in [0.05, 0.1) is 19.1 Å². The average molecular weight is 537 g/mol. The zero-order valence-corrected chi connectivity index (χ0v) is 22.2. The maximum absolute atomic E-state index is 13.4. The third-order valence-corrected chi connectivity index (χ3v) is 6.64. The van der Waals surface area contributed by atoms with Crippen LogP contribution >= 0.6 is 0 Å². The van der Waals surface area contributed by atoms with Gasteiger partial charge in [-0.1, -0.05) is 19.9 Å². The molecule has 12 heteroatoms. The van der Waals surface area contributed by atoms with E-state index in [-0.39, 0.29) is 28.4 Å². The van der Waals surface area contributed by atoms with Gasteiger partial charge in [-0.05, 0) is 36.2 Å². The maximum Gasteiger partial charge on any atom is 0.263 e. The number of amides is 1. The molecule has 2 aromatic heterocycles. The number of aromatic nitrogens is 3. The number of benzene rings is 2. The fourth-order valence-electron chi connectivity index (χ4n) is 3.58. The van der Waals surface area contributed by atoms with Gasteiger partial charge in [0.25, 0.3) is 10.0 Å². The van der Waals surface area contributed by atoms with E-state index in [2.05, 4.69) is 30.3 Å². The van der Waals surface area contributed by atoms with Gasteiger partial charge >= 0.3 is 0 Å². The number of hydrogen-bond acceptors (Lipinski definition) is 9. The Hall–Kier alpha value is -4.45. The maximum atomic E-state index is 13.4. The number of ether oxygens (including phenoxy) is 2. The second kappa shape index (κ2) is 11.3. The van der Waals surface area contributed by atoms with Gasteiger partial charge < -0.3 is 20.1 Å². The number of rotatable bonds is 10. The van der Waals surface area contributed by atoms with E-state index in [9.17, 15) is 13.2 Å². The number of methoxy groups -OCH3 is 2. The van der Waals surface area contributed by atoms with Crippen LogP contribution in [-0.2, 0) is 14.8 Å². The third kappa shape index (κ3) is 6.45. The molecule has 0 fully saturated rings. The fraction of sp³-hybridized carbons (Fsp3) is 0.231. The highest BCUT2D eigenvalue weighted by atomic mass is 32.2. The molecule has 2 heterocycles.